The van der Waals surface area contributed by atoms with Crippen molar-refractivity contribution in [1.29, 1.82) is 0 Å². The first-order valence-corrected chi connectivity index (χ1v) is 8.01. The molecule has 5 heteroatoms. The van der Waals surface area contributed by atoms with Gasteiger partial charge in [0.05, 0.1) is 17.7 Å². The summed E-state index contributed by atoms with van der Waals surface area (Å²) in [5.74, 6) is 0.387. The van der Waals surface area contributed by atoms with Crippen LogP contribution >= 0.6 is 0 Å². The predicted molar refractivity (Wildman–Crippen MR) is 88.1 cm³/mol. The van der Waals surface area contributed by atoms with E-state index < -0.39 is 5.60 Å². The molecule has 1 heterocycles. The van der Waals surface area contributed by atoms with Crippen LogP contribution in [0, 0.1) is 13.8 Å². The molecule has 1 aromatic carbocycles. The Morgan fingerprint density at radius 3 is 2.74 bits per heavy atom. The average Bonchev–Trinajstić information content (AvgIpc) is 3.10. The Morgan fingerprint density at radius 1 is 1.35 bits per heavy atom. The smallest absolute Gasteiger partial charge is 0.227 e. The normalized spacial score (nSPS) is 16.5. The lowest BCUT2D eigenvalue weighted by Crippen LogP contribution is -2.30. The second-order valence-corrected chi connectivity index (χ2v) is 6.48. The number of nitrogens with zero attached hydrogens (tertiary/aromatic N) is 1. The molecule has 1 saturated carbocycles. The fourth-order valence-electron chi connectivity index (χ4n) is 3.12. The van der Waals surface area contributed by atoms with E-state index in [0.29, 0.717) is 24.4 Å². The molecule has 3 rings (SSSR count). The zero-order chi connectivity index (χ0) is 16.4. The Balaban J connectivity index is 1.74. The van der Waals surface area contributed by atoms with Crippen molar-refractivity contribution in [3.8, 4) is 11.5 Å². The molecule has 1 aliphatic rings. The third-order valence-corrected chi connectivity index (χ3v) is 4.39. The highest BCUT2D eigenvalue weighted by Crippen LogP contribution is 2.33. The van der Waals surface area contributed by atoms with Crippen molar-refractivity contribution in [3.05, 3.63) is 35.7 Å². The molecular formula is C18H22N2O3. The van der Waals surface area contributed by atoms with E-state index in [-0.39, 0.29) is 12.3 Å². The van der Waals surface area contributed by atoms with Crippen molar-refractivity contribution in [1.82, 2.24) is 4.98 Å². The molecule has 1 amide bonds. The number of aryl methyl sites for hydroxylation is 2. The summed E-state index contributed by atoms with van der Waals surface area (Å²) in [5, 5.41) is 13.2. The largest absolute Gasteiger partial charge is 0.444 e. The highest BCUT2D eigenvalue weighted by atomic mass is 16.3. The first-order valence-electron chi connectivity index (χ1n) is 8.01. The van der Waals surface area contributed by atoms with Crippen molar-refractivity contribution in [2.45, 2.75) is 51.6 Å². The van der Waals surface area contributed by atoms with Crippen LogP contribution in [0.1, 0.15) is 43.4 Å². The van der Waals surface area contributed by atoms with Gasteiger partial charge in [-0.15, -0.1) is 0 Å². The van der Waals surface area contributed by atoms with Gasteiger partial charge >= 0.3 is 0 Å². The van der Waals surface area contributed by atoms with Crippen LogP contribution in [0.4, 0.5) is 5.69 Å². The third kappa shape index (κ3) is 3.62. The predicted octanol–water partition coefficient (Wildman–Crippen LogP) is 3.59. The quantitative estimate of drug-likeness (QED) is 0.904. The van der Waals surface area contributed by atoms with Crippen LogP contribution in [0.5, 0.6) is 0 Å². The highest BCUT2D eigenvalue weighted by Gasteiger charge is 2.33. The molecular weight excluding hydrogens is 292 g/mol. The van der Waals surface area contributed by atoms with E-state index in [1.807, 2.05) is 32.0 Å². The molecule has 23 heavy (non-hydrogen) atoms. The van der Waals surface area contributed by atoms with E-state index >= 15 is 0 Å². The first kappa shape index (κ1) is 15.7. The lowest BCUT2D eigenvalue weighted by atomic mass is 9.97. The van der Waals surface area contributed by atoms with Gasteiger partial charge in [0.15, 0.2) is 0 Å². The molecule has 122 valence electrons. The molecule has 5 nitrogen and oxygen atoms in total. The van der Waals surface area contributed by atoms with Gasteiger partial charge in [0, 0.05) is 11.3 Å². The summed E-state index contributed by atoms with van der Waals surface area (Å²) in [6.07, 6.45) is 5.14. The van der Waals surface area contributed by atoms with Crippen LogP contribution in [0.2, 0.25) is 0 Å². The van der Waals surface area contributed by atoms with Crippen LogP contribution < -0.4 is 5.32 Å². The third-order valence-electron chi connectivity index (χ3n) is 4.39. The second kappa shape index (κ2) is 6.16. The minimum atomic E-state index is -0.836. The zero-order valence-electron chi connectivity index (χ0n) is 13.6. The van der Waals surface area contributed by atoms with Gasteiger partial charge in [-0.1, -0.05) is 18.9 Å². The SMILES string of the molecule is Cc1coc(-c2cc(NC(=O)CC3(O)CCCC3)ccc2C)n1. The lowest BCUT2D eigenvalue weighted by Gasteiger charge is -2.21. The van der Waals surface area contributed by atoms with Gasteiger partial charge in [0.1, 0.15) is 6.26 Å². The molecule has 0 unspecified atom stereocenters. The number of carbonyl (C=O) groups excluding carboxylic acids is 1. The topological polar surface area (TPSA) is 75.4 Å². The molecule has 1 aromatic heterocycles. The summed E-state index contributed by atoms with van der Waals surface area (Å²) in [4.78, 5) is 16.5. The number of carbonyl (C=O) groups is 1. The van der Waals surface area contributed by atoms with Crippen molar-refractivity contribution in [2.24, 2.45) is 0 Å². The van der Waals surface area contributed by atoms with Gasteiger partial charge in [0.25, 0.3) is 0 Å². The lowest BCUT2D eigenvalue weighted by molar-refractivity contribution is -0.120. The number of benzene rings is 1. The maximum atomic E-state index is 12.2. The Morgan fingerprint density at radius 2 is 2.09 bits per heavy atom. The van der Waals surface area contributed by atoms with Gasteiger partial charge in [-0.05, 0) is 44.4 Å². The van der Waals surface area contributed by atoms with E-state index in [0.717, 1.165) is 29.7 Å². The molecule has 0 spiro atoms. The van der Waals surface area contributed by atoms with Crippen LogP contribution in [-0.2, 0) is 4.79 Å². The zero-order valence-corrected chi connectivity index (χ0v) is 13.6. The highest BCUT2D eigenvalue weighted by molar-refractivity contribution is 5.92. The van der Waals surface area contributed by atoms with Crippen molar-refractivity contribution < 1.29 is 14.3 Å². The maximum absolute atomic E-state index is 12.2. The summed E-state index contributed by atoms with van der Waals surface area (Å²) in [6.45, 7) is 3.85. The first-order chi connectivity index (χ1) is 11.0. The Bertz CT molecular complexity index is 715. The van der Waals surface area contributed by atoms with Gasteiger partial charge in [-0.25, -0.2) is 4.98 Å². The van der Waals surface area contributed by atoms with Crippen LogP contribution in [-0.4, -0.2) is 21.6 Å². The average molecular weight is 314 g/mol. The number of rotatable bonds is 4. The molecule has 2 N–H and O–H groups in total. The summed E-state index contributed by atoms with van der Waals surface area (Å²) < 4.78 is 5.45. The minimum absolute atomic E-state index is 0.147. The van der Waals surface area contributed by atoms with Gasteiger partial charge < -0.3 is 14.8 Å². The van der Waals surface area contributed by atoms with E-state index in [9.17, 15) is 9.90 Å². The Kier molecular flexibility index (Phi) is 4.22. The summed E-state index contributed by atoms with van der Waals surface area (Å²) in [5.41, 5.74) is 2.55. The molecule has 0 radical (unpaired) electrons. The second-order valence-electron chi connectivity index (χ2n) is 6.48. The van der Waals surface area contributed by atoms with Gasteiger partial charge in [0.2, 0.25) is 11.8 Å². The molecule has 0 aliphatic heterocycles. The Labute approximate surface area is 135 Å². The number of aliphatic hydroxyl groups is 1. The number of oxazole rings is 1. The van der Waals surface area contributed by atoms with E-state index in [1.165, 1.54) is 0 Å². The number of hydrogen-bond donors (Lipinski definition) is 2. The molecule has 0 saturated heterocycles. The summed E-state index contributed by atoms with van der Waals surface area (Å²) >= 11 is 0. The van der Waals surface area contributed by atoms with Gasteiger partial charge in [-0.2, -0.15) is 0 Å². The summed E-state index contributed by atoms with van der Waals surface area (Å²) in [6, 6.07) is 5.64. The standard InChI is InChI=1S/C18H22N2O3/c1-12-5-6-14(9-15(12)17-19-13(2)11-23-17)20-16(21)10-18(22)7-3-4-8-18/h5-6,9,11,22H,3-4,7-8,10H2,1-2H3,(H,20,21). The van der Waals surface area contributed by atoms with E-state index in [2.05, 4.69) is 10.3 Å². The molecule has 0 atom stereocenters. The minimum Gasteiger partial charge on any atom is -0.444 e. The van der Waals surface area contributed by atoms with Crippen molar-refractivity contribution >= 4 is 11.6 Å². The fraction of sp³-hybridized carbons (Fsp3) is 0.444. The molecule has 1 aliphatic carbocycles. The number of nitrogens with one attached hydrogen (secondary N) is 1. The maximum Gasteiger partial charge on any atom is 0.227 e. The van der Waals surface area contributed by atoms with Crippen molar-refractivity contribution in [3.63, 3.8) is 0 Å². The van der Waals surface area contributed by atoms with E-state index in [1.54, 1.807) is 6.26 Å². The number of anilines is 1. The van der Waals surface area contributed by atoms with Crippen molar-refractivity contribution in [2.75, 3.05) is 5.32 Å². The Hall–Kier alpha value is -2.14. The van der Waals surface area contributed by atoms with Crippen LogP contribution in [0.25, 0.3) is 11.5 Å². The van der Waals surface area contributed by atoms with Gasteiger partial charge in [-0.3, -0.25) is 4.79 Å². The molecule has 0 bridgehead atoms. The molecule has 1 fully saturated rings. The van der Waals surface area contributed by atoms with E-state index in [4.69, 9.17) is 4.42 Å². The van der Waals surface area contributed by atoms with Crippen LogP contribution in [0.3, 0.4) is 0 Å². The summed E-state index contributed by atoms with van der Waals surface area (Å²) in [7, 11) is 0. The monoisotopic (exact) mass is 314 g/mol. The molecule has 2 aromatic rings. The number of amides is 1. The number of hydrogen-bond acceptors (Lipinski definition) is 4. The van der Waals surface area contributed by atoms with Crippen LogP contribution in [0.15, 0.2) is 28.9 Å². The fourth-order valence-corrected chi connectivity index (χ4v) is 3.12. The number of aromatic nitrogens is 1.